The van der Waals surface area contributed by atoms with Crippen molar-refractivity contribution in [2.24, 2.45) is 0 Å². The van der Waals surface area contributed by atoms with Crippen molar-refractivity contribution < 1.29 is 4.79 Å². The maximum atomic E-state index is 11.1. The number of Topliss-reactive ketones (excluding diaryl/α,β-unsaturated/α-hetero) is 1. The van der Waals surface area contributed by atoms with Crippen molar-refractivity contribution in [3.8, 4) is 5.69 Å². The Bertz CT molecular complexity index is 500. The molecule has 3 nitrogen and oxygen atoms in total. The number of hydrogen-bond donors (Lipinski definition) is 0. The minimum absolute atomic E-state index is 0.163. The first-order valence-corrected chi connectivity index (χ1v) is 5.27. The highest BCUT2D eigenvalue weighted by atomic mass is 16.1. The molecule has 1 aromatic heterocycles. The van der Waals surface area contributed by atoms with Crippen molar-refractivity contribution in [2.45, 2.75) is 20.3 Å². The molecule has 0 saturated carbocycles. The van der Waals surface area contributed by atoms with Crippen LogP contribution in [0.4, 0.5) is 0 Å². The molecule has 0 aliphatic heterocycles. The summed E-state index contributed by atoms with van der Waals surface area (Å²) in [5.74, 6) is 0.163. The Kier molecular flexibility index (Phi) is 2.86. The molecule has 16 heavy (non-hydrogen) atoms. The van der Waals surface area contributed by atoms with Gasteiger partial charge in [-0.3, -0.25) is 4.79 Å². The fourth-order valence-electron chi connectivity index (χ4n) is 1.71. The maximum Gasteiger partial charge on any atom is 0.134 e. The van der Waals surface area contributed by atoms with Crippen LogP contribution in [0.25, 0.3) is 5.69 Å². The smallest absolute Gasteiger partial charge is 0.134 e. The van der Waals surface area contributed by atoms with E-state index in [-0.39, 0.29) is 5.78 Å². The van der Waals surface area contributed by atoms with Crippen LogP contribution in [0.3, 0.4) is 0 Å². The SMILES string of the molecule is CC(=O)Cc1cnn(-c2ccccc2)c1C. The average Bonchev–Trinajstić information content (AvgIpc) is 2.61. The van der Waals surface area contributed by atoms with E-state index in [1.165, 1.54) is 0 Å². The van der Waals surface area contributed by atoms with Crippen LogP contribution in [-0.2, 0) is 11.2 Å². The second kappa shape index (κ2) is 4.31. The molecule has 82 valence electrons. The molecule has 0 bridgehead atoms. The van der Waals surface area contributed by atoms with Gasteiger partial charge in [-0.25, -0.2) is 4.68 Å². The van der Waals surface area contributed by atoms with Crippen LogP contribution in [0.5, 0.6) is 0 Å². The second-order valence-electron chi connectivity index (χ2n) is 3.88. The number of benzene rings is 1. The van der Waals surface area contributed by atoms with Crippen molar-refractivity contribution in [2.75, 3.05) is 0 Å². The molecule has 0 aliphatic rings. The Morgan fingerprint density at radius 1 is 1.31 bits per heavy atom. The molecular weight excluding hydrogens is 200 g/mol. The topological polar surface area (TPSA) is 34.9 Å². The summed E-state index contributed by atoms with van der Waals surface area (Å²) < 4.78 is 1.86. The lowest BCUT2D eigenvalue weighted by molar-refractivity contribution is -0.116. The van der Waals surface area contributed by atoms with E-state index in [1.54, 1.807) is 13.1 Å². The van der Waals surface area contributed by atoms with Crippen molar-refractivity contribution in [3.63, 3.8) is 0 Å². The molecule has 1 heterocycles. The van der Waals surface area contributed by atoms with Crippen LogP contribution in [-0.4, -0.2) is 15.6 Å². The molecule has 2 rings (SSSR count). The van der Waals surface area contributed by atoms with Gasteiger partial charge in [-0.05, 0) is 26.0 Å². The molecule has 0 radical (unpaired) electrons. The van der Waals surface area contributed by atoms with Gasteiger partial charge in [-0.15, -0.1) is 0 Å². The normalized spacial score (nSPS) is 10.4. The molecule has 1 aromatic carbocycles. The van der Waals surface area contributed by atoms with Crippen LogP contribution >= 0.6 is 0 Å². The number of para-hydroxylation sites is 1. The molecule has 0 fully saturated rings. The van der Waals surface area contributed by atoms with Crippen molar-refractivity contribution in [3.05, 3.63) is 47.8 Å². The first kappa shape index (κ1) is 10.6. The fraction of sp³-hybridized carbons (Fsp3) is 0.231. The largest absolute Gasteiger partial charge is 0.300 e. The number of carbonyl (C=O) groups is 1. The van der Waals surface area contributed by atoms with E-state index in [2.05, 4.69) is 5.10 Å². The zero-order valence-electron chi connectivity index (χ0n) is 9.47. The predicted molar refractivity (Wildman–Crippen MR) is 62.7 cm³/mol. The molecule has 0 N–H and O–H groups in total. The summed E-state index contributed by atoms with van der Waals surface area (Å²) in [4.78, 5) is 11.1. The molecular formula is C13H14N2O. The Hall–Kier alpha value is -1.90. The van der Waals surface area contributed by atoms with E-state index in [0.717, 1.165) is 16.9 Å². The van der Waals surface area contributed by atoms with Crippen molar-refractivity contribution in [1.29, 1.82) is 0 Å². The minimum atomic E-state index is 0.163. The summed E-state index contributed by atoms with van der Waals surface area (Å²) in [6, 6.07) is 9.91. The summed E-state index contributed by atoms with van der Waals surface area (Å²) in [7, 11) is 0. The second-order valence-corrected chi connectivity index (χ2v) is 3.88. The van der Waals surface area contributed by atoms with Gasteiger partial charge >= 0.3 is 0 Å². The minimum Gasteiger partial charge on any atom is -0.300 e. The van der Waals surface area contributed by atoms with Gasteiger partial charge in [0.15, 0.2) is 0 Å². The third-order valence-electron chi connectivity index (χ3n) is 2.55. The van der Waals surface area contributed by atoms with Crippen LogP contribution < -0.4 is 0 Å². The van der Waals surface area contributed by atoms with Gasteiger partial charge < -0.3 is 0 Å². The summed E-state index contributed by atoms with van der Waals surface area (Å²) in [5.41, 5.74) is 3.05. The third kappa shape index (κ3) is 2.03. The maximum absolute atomic E-state index is 11.1. The van der Waals surface area contributed by atoms with Gasteiger partial charge in [0.1, 0.15) is 5.78 Å². The number of rotatable bonds is 3. The Balaban J connectivity index is 2.37. The summed E-state index contributed by atoms with van der Waals surface area (Å²) in [6.07, 6.45) is 2.22. The third-order valence-corrected chi connectivity index (χ3v) is 2.55. The lowest BCUT2D eigenvalue weighted by Crippen LogP contribution is -2.01. The zero-order chi connectivity index (χ0) is 11.5. The van der Waals surface area contributed by atoms with Crippen LogP contribution in [0.1, 0.15) is 18.2 Å². The van der Waals surface area contributed by atoms with E-state index in [9.17, 15) is 4.79 Å². The first-order valence-electron chi connectivity index (χ1n) is 5.27. The lowest BCUT2D eigenvalue weighted by Gasteiger charge is -2.04. The highest BCUT2D eigenvalue weighted by molar-refractivity contribution is 5.78. The number of aromatic nitrogens is 2. The monoisotopic (exact) mass is 214 g/mol. The molecule has 3 heteroatoms. The van der Waals surface area contributed by atoms with E-state index >= 15 is 0 Å². The quantitative estimate of drug-likeness (QED) is 0.785. The Labute approximate surface area is 94.7 Å². The lowest BCUT2D eigenvalue weighted by atomic mass is 10.1. The average molecular weight is 214 g/mol. The molecule has 0 atom stereocenters. The highest BCUT2D eigenvalue weighted by Gasteiger charge is 2.08. The van der Waals surface area contributed by atoms with E-state index < -0.39 is 0 Å². The molecule has 0 unspecified atom stereocenters. The zero-order valence-corrected chi connectivity index (χ0v) is 9.47. The van der Waals surface area contributed by atoms with E-state index in [1.807, 2.05) is 41.9 Å². The first-order chi connectivity index (χ1) is 7.68. The van der Waals surface area contributed by atoms with Gasteiger partial charge in [0, 0.05) is 17.7 Å². The van der Waals surface area contributed by atoms with Gasteiger partial charge in [0.2, 0.25) is 0 Å². The predicted octanol–water partition coefficient (Wildman–Crippen LogP) is 2.31. The highest BCUT2D eigenvalue weighted by Crippen LogP contribution is 2.14. The van der Waals surface area contributed by atoms with Gasteiger partial charge in [-0.1, -0.05) is 18.2 Å². The van der Waals surface area contributed by atoms with Gasteiger partial charge in [0.05, 0.1) is 11.9 Å². The van der Waals surface area contributed by atoms with Crippen LogP contribution in [0.2, 0.25) is 0 Å². The van der Waals surface area contributed by atoms with E-state index in [4.69, 9.17) is 0 Å². The Morgan fingerprint density at radius 3 is 2.62 bits per heavy atom. The molecule has 0 saturated heterocycles. The molecule has 0 spiro atoms. The van der Waals surface area contributed by atoms with Gasteiger partial charge in [-0.2, -0.15) is 5.10 Å². The standard InChI is InChI=1S/C13H14N2O/c1-10(16)8-12-9-14-15(11(12)2)13-6-4-3-5-7-13/h3-7,9H,8H2,1-2H3. The van der Waals surface area contributed by atoms with Crippen molar-refractivity contribution in [1.82, 2.24) is 9.78 Å². The summed E-state index contributed by atoms with van der Waals surface area (Å²) >= 11 is 0. The number of nitrogens with zero attached hydrogens (tertiary/aromatic N) is 2. The number of carbonyl (C=O) groups excluding carboxylic acids is 1. The molecule has 2 aromatic rings. The molecule has 0 amide bonds. The number of ketones is 1. The van der Waals surface area contributed by atoms with Gasteiger partial charge in [0.25, 0.3) is 0 Å². The van der Waals surface area contributed by atoms with E-state index in [0.29, 0.717) is 6.42 Å². The van der Waals surface area contributed by atoms with Crippen LogP contribution in [0, 0.1) is 6.92 Å². The summed E-state index contributed by atoms with van der Waals surface area (Å²) in [6.45, 7) is 3.58. The van der Waals surface area contributed by atoms with Crippen molar-refractivity contribution >= 4 is 5.78 Å². The Morgan fingerprint density at radius 2 is 2.00 bits per heavy atom. The summed E-state index contributed by atoms with van der Waals surface area (Å²) in [5, 5.41) is 4.30. The fourth-order valence-corrected chi connectivity index (χ4v) is 1.71. The number of hydrogen-bond acceptors (Lipinski definition) is 2. The molecule has 0 aliphatic carbocycles. The van der Waals surface area contributed by atoms with Crippen LogP contribution in [0.15, 0.2) is 36.5 Å².